The number of hydrogen-bond acceptors (Lipinski definition) is 4. The van der Waals surface area contributed by atoms with E-state index in [0.717, 1.165) is 24.6 Å². The summed E-state index contributed by atoms with van der Waals surface area (Å²) < 4.78 is 5.27. The van der Waals surface area contributed by atoms with Crippen molar-refractivity contribution in [2.75, 3.05) is 0 Å². The molecule has 0 saturated heterocycles. The molecule has 2 unspecified atom stereocenters. The highest BCUT2D eigenvalue weighted by atomic mass is 16.5. The van der Waals surface area contributed by atoms with E-state index in [9.17, 15) is 0 Å². The summed E-state index contributed by atoms with van der Waals surface area (Å²) in [6, 6.07) is 0.225. The number of nitrogens with zero attached hydrogens (tertiary/aromatic N) is 2. The minimum absolute atomic E-state index is 0.225. The second-order valence-electron chi connectivity index (χ2n) is 4.82. The third-order valence-corrected chi connectivity index (χ3v) is 3.54. The van der Waals surface area contributed by atoms with E-state index in [1.165, 1.54) is 25.7 Å². The predicted octanol–water partition coefficient (Wildman–Crippen LogP) is 1.93. The fourth-order valence-electron chi connectivity index (χ4n) is 2.37. The Labute approximate surface area is 89.2 Å². The van der Waals surface area contributed by atoms with Gasteiger partial charge in [-0.15, -0.1) is 0 Å². The molecule has 4 heteroatoms. The first-order chi connectivity index (χ1) is 7.34. The molecule has 0 aromatic carbocycles. The molecule has 1 aromatic rings. The van der Waals surface area contributed by atoms with Crippen LogP contribution in [0.25, 0.3) is 0 Å². The lowest BCUT2D eigenvalue weighted by Gasteiger charge is -2.25. The van der Waals surface area contributed by atoms with E-state index in [4.69, 9.17) is 10.3 Å². The molecule has 1 aromatic heterocycles. The van der Waals surface area contributed by atoms with Crippen LogP contribution in [0.4, 0.5) is 0 Å². The van der Waals surface area contributed by atoms with E-state index in [2.05, 4.69) is 10.1 Å². The van der Waals surface area contributed by atoms with Gasteiger partial charge in [0.2, 0.25) is 5.89 Å². The van der Waals surface area contributed by atoms with Gasteiger partial charge in [-0.05, 0) is 25.7 Å². The van der Waals surface area contributed by atoms with Crippen molar-refractivity contribution in [2.45, 2.75) is 56.4 Å². The van der Waals surface area contributed by atoms with Gasteiger partial charge in [0.1, 0.15) is 0 Å². The maximum absolute atomic E-state index is 6.09. The molecule has 0 bridgehead atoms. The normalized spacial score (nSPS) is 31.8. The van der Waals surface area contributed by atoms with Gasteiger partial charge in [-0.3, -0.25) is 0 Å². The van der Waals surface area contributed by atoms with E-state index < -0.39 is 0 Å². The van der Waals surface area contributed by atoms with Crippen molar-refractivity contribution in [3.05, 3.63) is 11.7 Å². The third-order valence-electron chi connectivity index (χ3n) is 3.54. The molecule has 0 amide bonds. The molecule has 15 heavy (non-hydrogen) atoms. The van der Waals surface area contributed by atoms with Gasteiger partial charge in [-0.25, -0.2) is 0 Å². The van der Waals surface area contributed by atoms with Crippen molar-refractivity contribution in [3.8, 4) is 0 Å². The Morgan fingerprint density at radius 3 is 2.67 bits per heavy atom. The highest BCUT2D eigenvalue weighted by molar-refractivity contribution is 5.07. The van der Waals surface area contributed by atoms with Gasteiger partial charge >= 0.3 is 0 Å². The first-order valence-corrected chi connectivity index (χ1v) is 5.93. The van der Waals surface area contributed by atoms with Crippen LogP contribution in [-0.4, -0.2) is 16.2 Å². The molecule has 2 atom stereocenters. The predicted molar refractivity (Wildman–Crippen MR) is 55.5 cm³/mol. The minimum atomic E-state index is 0.225. The van der Waals surface area contributed by atoms with Crippen LogP contribution < -0.4 is 5.73 Å². The summed E-state index contributed by atoms with van der Waals surface area (Å²) in [6.45, 7) is 0. The zero-order chi connectivity index (χ0) is 10.3. The summed E-state index contributed by atoms with van der Waals surface area (Å²) in [5, 5.41) is 4.09. The zero-order valence-corrected chi connectivity index (χ0v) is 8.85. The molecule has 3 rings (SSSR count). The van der Waals surface area contributed by atoms with Gasteiger partial charge in [-0.1, -0.05) is 18.0 Å². The summed E-state index contributed by atoms with van der Waals surface area (Å²) in [7, 11) is 0. The summed E-state index contributed by atoms with van der Waals surface area (Å²) in [5.41, 5.74) is 6.09. The molecule has 0 radical (unpaired) electrons. The monoisotopic (exact) mass is 207 g/mol. The largest absolute Gasteiger partial charge is 0.339 e. The first kappa shape index (κ1) is 9.33. The summed E-state index contributed by atoms with van der Waals surface area (Å²) in [4.78, 5) is 4.49. The average molecular weight is 207 g/mol. The van der Waals surface area contributed by atoms with Gasteiger partial charge in [0, 0.05) is 17.9 Å². The van der Waals surface area contributed by atoms with Crippen LogP contribution in [0, 0.1) is 0 Å². The lowest BCUT2D eigenvalue weighted by Crippen LogP contribution is -2.31. The van der Waals surface area contributed by atoms with Crippen LogP contribution in [0.15, 0.2) is 4.52 Å². The maximum atomic E-state index is 6.09. The van der Waals surface area contributed by atoms with E-state index in [1.807, 2.05) is 0 Å². The molecule has 2 aliphatic carbocycles. The van der Waals surface area contributed by atoms with E-state index in [1.54, 1.807) is 0 Å². The first-order valence-electron chi connectivity index (χ1n) is 5.93. The number of nitrogens with two attached hydrogens (primary N) is 1. The number of rotatable bonds is 2. The second kappa shape index (κ2) is 3.59. The lowest BCUT2D eigenvalue weighted by atomic mass is 9.84. The highest BCUT2D eigenvalue weighted by Crippen LogP contribution is 2.40. The topological polar surface area (TPSA) is 64.9 Å². The molecule has 1 heterocycles. The molecule has 4 nitrogen and oxygen atoms in total. The third kappa shape index (κ3) is 1.78. The lowest BCUT2D eigenvalue weighted by molar-refractivity contribution is 0.340. The van der Waals surface area contributed by atoms with Crippen molar-refractivity contribution in [1.29, 1.82) is 0 Å². The van der Waals surface area contributed by atoms with Crippen LogP contribution >= 0.6 is 0 Å². The van der Waals surface area contributed by atoms with Crippen LogP contribution in [0.2, 0.25) is 0 Å². The van der Waals surface area contributed by atoms with Crippen molar-refractivity contribution < 1.29 is 4.52 Å². The Bertz CT molecular complexity index is 345. The number of hydrogen-bond donors (Lipinski definition) is 1. The fourth-order valence-corrected chi connectivity index (χ4v) is 2.37. The Hall–Kier alpha value is -0.900. The van der Waals surface area contributed by atoms with Gasteiger partial charge in [0.25, 0.3) is 0 Å². The Balaban J connectivity index is 1.78. The number of aromatic nitrogens is 2. The molecule has 82 valence electrons. The van der Waals surface area contributed by atoms with Crippen molar-refractivity contribution in [3.63, 3.8) is 0 Å². The van der Waals surface area contributed by atoms with Gasteiger partial charge < -0.3 is 10.3 Å². The van der Waals surface area contributed by atoms with Crippen molar-refractivity contribution in [2.24, 2.45) is 5.73 Å². The molecular formula is C11H17N3O. The average Bonchev–Trinajstić information content (AvgIpc) is 2.99. The molecule has 2 fully saturated rings. The van der Waals surface area contributed by atoms with E-state index in [0.29, 0.717) is 11.8 Å². The molecular weight excluding hydrogens is 190 g/mol. The molecule has 2 aliphatic rings. The van der Waals surface area contributed by atoms with Gasteiger partial charge in [-0.2, -0.15) is 4.98 Å². The summed E-state index contributed by atoms with van der Waals surface area (Å²) in [5.74, 6) is 2.56. The molecule has 0 spiro atoms. The molecule has 2 saturated carbocycles. The Morgan fingerprint density at radius 2 is 1.93 bits per heavy atom. The zero-order valence-electron chi connectivity index (χ0n) is 8.85. The smallest absolute Gasteiger partial charge is 0.229 e. The summed E-state index contributed by atoms with van der Waals surface area (Å²) in [6.07, 6.45) is 7.11. The van der Waals surface area contributed by atoms with Crippen LogP contribution in [0.3, 0.4) is 0 Å². The maximum Gasteiger partial charge on any atom is 0.229 e. The molecule has 0 aliphatic heterocycles. The Morgan fingerprint density at radius 1 is 1.13 bits per heavy atom. The Kier molecular flexibility index (Phi) is 2.24. The summed E-state index contributed by atoms with van der Waals surface area (Å²) >= 11 is 0. The van der Waals surface area contributed by atoms with Crippen LogP contribution in [0.1, 0.15) is 62.1 Å². The van der Waals surface area contributed by atoms with Gasteiger partial charge in [0.05, 0.1) is 0 Å². The van der Waals surface area contributed by atoms with Crippen LogP contribution in [0.5, 0.6) is 0 Å². The second-order valence-corrected chi connectivity index (χ2v) is 4.82. The standard InChI is InChI=1S/C11H17N3O/c12-9-4-2-1-3-8(9)10-13-11(15-14-10)7-5-6-7/h7-9H,1-6,12H2. The SMILES string of the molecule is NC1CCCCC1c1noc(C2CC2)n1. The quantitative estimate of drug-likeness (QED) is 0.804. The van der Waals surface area contributed by atoms with E-state index in [-0.39, 0.29) is 6.04 Å². The van der Waals surface area contributed by atoms with E-state index >= 15 is 0 Å². The molecule has 2 N–H and O–H groups in total. The van der Waals surface area contributed by atoms with Crippen LogP contribution in [-0.2, 0) is 0 Å². The van der Waals surface area contributed by atoms with Gasteiger partial charge in [0.15, 0.2) is 5.82 Å². The minimum Gasteiger partial charge on any atom is -0.339 e. The highest BCUT2D eigenvalue weighted by Gasteiger charge is 2.32. The van der Waals surface area contributed by atoms with Crippen molar-refractivity contribution >= 4 is 0 Å². The fraction of sp³-hybridized carbons (Fsp3) is 0.818. The van der Waals surface area contributed by atoms with Crippen molar-refractivity contribution in [1.82, 2.24) is 10.1 Å².